The number of fused-ring (bicyclic) bond motifs is 3. The third-order valence-corrected chi connectivity index (χ3v) is 8.81. The number of para-hydroxylation sites is 1. The summed E-state index contributed by atoms with van der Waals surface area (Å²) >= 11 is 0. The fraction of sp³-hybridized carbons (Fsp3) is 0.310. The highest BCUT2D eigenvalue weighted by atomic mass is 32.2. The third kappa shape index (κ3) is 7.18. The van der Waals surface area contributed by atoms with Crippen LogP contribution in [0.15, 0.2) is 65.7 Å². The SMILES string of the molecule is O=C1N[C@@H](CNS(=O)(=O)c2ccccc2[N+](=O)[O-])C(=O)N2C[C@@H](C[C@H]2C(=O)O)Oc2nccc3ccc(cc23)C=CCCCO1. The van der Waals surface area contributed by atoms with Gasteiger partial charge in [0.25, 0.3) is 5.69 Å². The molecule has 0 saturated carbocycles. The molecule has 236 valence electrons. The molecule has 3 N–H and O–H groups in total. The van der Waals surface area contributed by atoms with Gasteiger partial charge in [-0.3, -0.25) is 14.9 Å². The highest BCUT2D eigenvalue weighted by Crippen LogP contribution is 2.30. The van der Waals surface area contributed by atoms with Crippen LogP contribution in [0.25, 0.3) is 16.8 Å². The van der Waals surface area contributed by atoms with E-state index >= 15 is 0 Å². The lowest BCUT2D eigenvalue weighted by molar-refractivity contribution is -0.387. The van der Waals surface area contributed by atoms with Crippen LogP contribution in [0.5, 0.6) is 5.88 Å². The summed E-state index contributed by atoms with van der Waals surface area (Å²) in [6, 6.07) is 9.13. The summed E-state index contributed by atoms with van der Waals surface area (Å²) in [5, 5.41) is 25.2. The van der Waals surface area contributed by atoms with Crippen LogP contribution in [-0.4, -0.2) is 84.2 Å². The zero-order valence-corrected chi connectivity index (χ0v) is 24.5. The van der Waals surface area contributed by atoms with E-state index in [1.165, 1.54) is 12.1 Å². The number of allylic oxidation sites excluding steroid dienone is 1. The van der Waals surface area contributed by atoms with Crippen molar-refractivity contribution in [2.24, 2.45) is 0 Å². The second kappa shape index (κ2) is 13.3. The molecule has 5 rings (SSSR count). The number of aromatic nitrogens is 1. The Balaban J connectivity index is 1.45. The first-order chi connectivity index (χ1) is 21.5. The Labute approximate surface area is 257 Å². The predicted octanol–water partition coefficient (Wildman–Crippen LogP) is 2.46. The van der Waals surface area contributed by atoms with Crippen molar-refractivity contribution in [3.8, 4) is 5.88 Å². The second-order valence-electron chi connectivity index (χ2n) is 10.4. The molecule has 4 bridgehead atoms. The number of aliphatic carboxylic acids is 1. The summed E-state index contributed by atoms with van der Waals surface area (Å²) in [7, 11) is -4.56. The van der Waals surface area contributed by atoms with Crippen molar-refractivity contribution < 1.29 is 42.3 Å². The topological polar surface area (TPSA) is 207 Å². The van der Waals surface area contributed by atoms with Gasteiger partial charge in [0.1, 0.15) is 18.2 Å². The molecule has 1 saturated heterocycles. The van der Waals surface area contributed by atoms with Gasteiger partial charge < -0.3 is 24.8 Å². The number of cyclic esters (lactones) is 1. The van der Waals surface area contributed by atoms with Crippen molar-refractivity contribution in [2.45, 2.75) is 42.3 Å². The van der Waals surface area contributed by atoms with E-state index in [1.807, 2.05) is 36.4 Å². The van der Waals surface area contributed by atoms with Gasteiger partial charge in [0.05, 0.1) is 18.1 Å². The Kier molecular flexibility index (Phi) is 9.24. The fourth-order valence-electron chi connectivity index (χ4n) is 5.15. The van der Waals surface area contributed by atoms with Crippen LogP contribution in [0.1, 0.15) is 24.8 Å². The lowest BCUT2D eigenvalue weighted by Crippen LogP contribution is -2.56. The number of carboxylic acids is 1. The Morgan fingerprint density at radius 1 is 1.20 bits per heavy atom. The van der Waals surface area contributed by atoms with E-state index in [0.29, 0.717) is 18.2 Å². The lowest BCUT2D eigenvalue weighted by Gasteiger charge is -2.27. The van der Waals surface area contributed by atoms with Crippen LogP contribution in [-0.2, 0) is 24.3 Å². The summed E-state index contributed by atoms with van der Waals surface area (Å²) in [5.41, 5.74) is 0.181. The number of pyridine rings is 1. The standard InChI is InChI=1S/C29H29N5O10S/c35-27-22(16-31-45(41,42)25-8-4-3-7-23(25)34(39)40)32-29(38)43-13-5-1-2-6-18-9-10-19-11-12-30-26(21(19)14-18)44-20-15-24(28(36)37)33(27)17-20/h2-4,6-12,14,20,22,24,31H,1,5,13,15-17H2,(H,32,38)(H,36,37)/t20-,22+,24+/m1/s1. The number of carboxylic acid groups (broad SMARTS) is 1. The first-order valence-electron chi connectivity index (χ1n) is 13.9. The highest BCUT2D eigenvalue weighted by molar-refractivity contribution is 7.89. The molecule has 16 heteroatoms. The quantitative estimate of drug-likeness (QED) is 0.264. The van der Waals surface area contributed by atoms with E-state index < -0.39 is 68.2 Å². The first kappa shape index (κ1) is 31.3. The number of hydrogen-bond donors (Lipinski definition) is 3. The minimum Gasteiger partial charge on any atom is -0.480 e. The van der Waals surface area contributed by atoms with E-state index in [4.69, 9.17) is 9.47 Å². The van der Waals surface area contributed by atoms with Gasteiger partial charge in [0.15, 0.2) is 4.90 Å². The number of nitro groups is 1. The summed E-state index contributed by atoms with van der Waals surface area (Å²) in [5.74, 6) is -2.00. The van der Waals surface area contributed by atoms with Crippen LogP contribution < -0.4 is 14.8 Å². The zero-order valence-electron chi connectivity index (χ0n) is 23.7. The van der Waals surface area contributed by atoms with Crippen LogP contribution in [0, 0.1) is 10.1 Å². The van der Waals surface area contributed by atoms with Crippen molar-refractivity contribution in [3.63, 3.8) is 0 Å². The highest BCUT2D eigenvalue weighted by Gasteiger charge is 2.44. The average Bonchev–Trinajstić information content (AvgIpc) is 3.44. The average molecular weight is 640 g/mol. The van der Waals surface area contributed by atoms with Crippen molar-refractivity contribution in [1.82, 2.24) is 19.9 Å². The van der Waals surface area contributed by atoms with Crippen LogP contribution in [0.2, 0.25) is 0 Å². The summed E-state index contributed by atoms with van der Waals surface area (Å²) in [6.45, 7) is -0.993. The molecule has 45 heavy (non-hydrogen) atoms. The molecule has 2 amide bonds. The Hall–Kier alpha value is -5.09. The number of nitrogens with zero attached hydrogens (tertiary/aromatic N) is 3. The van der Waals surface area contributed by atoms with Crippen molar-refractivity contribution >= 4 is 50.5 Å². The minimum absolute atomic E-state index is 0.0256. The largest absolute Gasteiger partial charge is 0.480 e. The molecule has 0 spiro atoms. The fourth-order valence-corrected chi connectivity index (χ4v) is 6.37. The maximum Gasteiger partial charge on any atom is 0.407 e. The molecular weight excluding hydrogens is 610 g/mol. The van der Waals surface area contributed by atoms with Gasteiger partial charge in [-0.2, -0.15) is 0 Å². The number of carbonyl (C=O) groups is 3. The van der Waals surface area contributed by atoms with Gasteiger partial charge in [-0.25, -0.2) is 27.7 Å². The number of ether oxygens (including phenoxy) is 2. The van der Waals surface area contributed by atoms with E-state index in [1.54, 1.807) is 6.20 Å². The summed E-state index contributed by atoms with van der Waals surface area (Å²) in [6.07, 6.45) is 4.39. The molecule has 1 aromatic heterocycles. The number of sulfonamides is 1. The van der Waals surface area contributed by atoms with Gasteiger partial charge in [-0.15, -0.1) is 0 Å². The summed E-state index contributed by atoms with van der Waals surface area (Å²) < 4.78 is 39.6. The molecule has 3 atom stereocenters. The Morgan fingerprint density at radius 3 is 2.78 bits per heavy atom. The van der Waals surface area contributed by atoms with Crippen LogP contribution in [0.4, 0.5) is 10.5 Å². The number of carbonyl (C=O) groups excluding carboxylic acids is 2. The normalized spacial score (nSPS) is 21.0. The lowest BCUT2D eigenvalue weighted by atomic mass is 10.1. The maximum atomic E-state index is 13.8. The number of hydrogen-bond acceptors (Lipinski definition) is 10. The van der Waals surface area contributed by atoms with Gasteiger partial charge >= 0.3 is 12.1 Å². The van der Waals surface area contributed by atoms with E-state index in [2.05, 4.69) is 15.0 Å². The van der Waals surface area contributed by atoms with Crippen molar-refractivity contribution in [2.75, 3.05) is 19.7 Å². The molecule has 1 fully saturated rings. The number of benzene rings is 2. The van der Waals surface area contributed by atoms with E-state index in [0.717, 1.165) is 28.0 Å². The molecule has 2 aliphatic rings. The van der Waals surface area contributed by atoms with Crippen LogP contribution in [0.3, 0.4) is 0 Å². The molecule has 0 radical (unpaired) electrons. The molecule has 0 unspecified atom stereocenters. The number of nitrogens with one attached hydrogen (secondary N) is 2. The molecule has 15 nitrogen and oxygen atoms in total. The summed E-state index contributed by atoms with van der Waals surface area (Å²) in [4.78, 5) is 53.9. The zero-order chi connectivity index (χ0) is 32.1. The molecule has 3 heterocycles. The van der Waals surface area contributed by atoms with Gasteiger partial charge in [0, 0.05) is 30.6 Å². The molecule has 2 aliphatic heterocycles. The van der Waals surface area contributed by atoms with Crippen LogP contribution >= 0.6 is 0 Å². The van der Waals surface area contributed by atoms with Crippen molar-refractivity contribution in [3.05, 3.63) is 76.5 Å². The second-order valence-corrected chi connectivity index (χ2v) is 12.1. The maximum absolute atomic E-state index is 13.8. The van der Waals surface area contributed by atoms with Gasteiger partial charge in [-0.05, 0) is 42.0 Å². The Morgan fingerprint density at radius 2 is 2.00 bits per heavy atom. The van der Waals surface area contributed by atoms with Gasteiger partial charge in [-0.1, -0.05) is 36.4 Å². The molecule has 3 aromatic rings. The van der Waals surface area contributed by atoms with E-state index in [9.17, 15) is 38.0 Å². The molecular formula is C29H29N5O10S. The number of amides is 2. The van der Waals surface area contributed by atoms with Crippen molar-refractivity contribution in [1.29, 1.82) is 0 Å². The number of rotatable bonds is 6. The minimum atomic E-state index is -4.56. The first-order valence-corrected chi connectivity index (χ1v) is 15.4. The third-order valence-electron chi connectivity index (χ3n) is 7.34. The molecule has 2 aromatic carbocycles. The number of nitro benzene ring substituents is 1. The van der Waals surface area contributed by atoms with E-state index in [-0.39, 0.29) is 25.5 Å². The smallest absolute Gasteiger partial charge is 0.407 e. The Bertz CT molecular complexity index is 1780. The van der Waals surface area contributed by atoms with Gasteiger partial charge in [0.2, 0.25) is 21.8 Å². The molecule has 0 aliphatic carbocycles. The predicted molar refractivity (Wildman–Crippen MR) is 159 cm³/mol. The number of alkyl carbamates (subject to hydrolysis) is 1. The monoisotopic (exact) mass is 639 g/mol.